The molecule has 2 aromatic carbocycles. The van der Waals surface area contributed by atoms with Crippen molar-refractivity contribution < 1.29 is 13.0 Å². The Morgan fingerprint density at radius 3 is 0.967 bits per heavy atom. The Morgan fingerprint density at radius 1 is 0.361 bits per heavy atom. The Balaban J connectivity index is 0.0000180. The van der Waals surface area contributed by atoms with Gasteiger partial charge in [-0.15, -0.1) is 0 Å². The standard InChI is InChI=1S/C55H98O3S.2Na/c1-5-9-13-17-21-25-26-27-28-29-33-37-41-47-52-50(45-39-35-31-23-19-15-11-7-3)51(46-40-36-32-24-20-16-12-8-4)54-49(43-38-34-30-22-18-14-10-6-2)44-42-48-53(54)55(52)59(56,57)58;;/h42,44,48H,5-41,43,45-47H2,1-4H3,(H,56,57,58);;. The van der Waals surface area contributed by atoms with Crippen LogP contribution in [0.25, 0.3) is 10.8 Å². The molecular weight excluding hydrogens is 787 g/mol. The fourth-order valence-corrected chi connectivity index (χ4v) is 10.7. The minimum atomic E-state index is -4.41. The number of fused-ring (bicyclic) bond motifs is 1. The van der Waals surface area contributed by atoms with E-state index in [2.05, 4.69) is 39.8 Å². The molecule has 0 atom stereocenters. The first-order valence-corrected chi connectivity index (χ1v) is 27.9. The minimum absolute atomic E-state index is 0. The van der Waals surface area contributed by atoms with E-state index in [-0.39, 0.29) is 64.0 Å². The van der Waals surface area contributed by atoms with Crippen molar-refractivity contribution in [1.82, 2.24) is 0 Å². The van der Waals surface area contributed by atoms with Crippen molar-refractivity contribution in [3.63, 3.8) is 0 Å². The molecule has 0 saturated carbocycles. The second-order valence-electron chi connectivity index (χ2n) is 18.7. The Morgan fingerprint density at radius 2 is 0.639 bits per heavy atom. The van der Waals surface area contributed by atoms with E-state index in [4.69, 9.17) is 0 Å². The summed E-state index contributed by atoms with van der Waals surface area (Å²) < 4.78 is 38.4. The zero-order chi connectivity index (χ0) is 42.7. The van der Waals surface area contributed by atoms with Crippen LogP contribution in [0.3, 0.4) is 0 Å². The molecule has 0 spiro atoms. The molecule has 3 nitrogen and oxygen atoms in total. The van der Waals surface area contributed by atoms with Crippen LogP contribution in [0.1, 0.15) is 288 Å². The van der Waals surface area contributed by atoms with Crippen molar-refractivity contribution in [2.75, 3.05) is 0 Å². The molecule has 0 amide bonds. The molecule has 0 aliphatic heterocycles. The van der Waals surface area contributed by atoms with E-state index in [0.717, 1.165) is 68.7 Å². The molecule has 1 N–H and O–H groups in total. The molecule has 0 unspecified atom stereocenters. The Labute approximate surface area is 425 Å². The van der Waals surface area contributed by atoms with E-state index in [1.165, 1.54) is 228 Å². The molecule has 0 saturated heterocycles. The smallest absolute Gasteiger partial charge is 0.282 e. The van der Waals surface area contributed by atoms with Gasteiger partial charge in [0.2, 0.25) is 0 Å². The number of aryl methyl sites for hydroxylation is 2. The molecule has 61 heavy (non-hydrogen) atoms. The van der Waals surface area contributed by atoms with E-state index >= 15 is 0 Å². The number of unbranched alkanes of at least 4 members (excludes halogenated alkanes) is 33. The summed E-state index contributed by atoms with van der Waals surface area (Å²) in [6.07, 6.45) is 51.3. The molecule has 2 rings (SSSR count). The summed E-state index contributed by atoms with van der Waals surface area (Å²) in [6.45, 7) is 9.14. The van der Waals surface area contributed by atoms with Crippen LogP contribution in [0.15, 0.2) is 23.1 Å². The second-order valence-corrected chi connectivity index (χ2v) is 20.1. The van der Waals surface area contributed by atoms with Crippen molar-refractivity contribution in [1.29, 1.82) is 0 Å². The maximum Gasteiger partial charge on any atom is 0.295 e. The van der Waals surface area contributed by atoms with Gasteiger partial charge < -0.3 is 0 Å². The van der Waals surface area contributed by atoms with Gasteiger partial charge in [-0.25, -0.2) is 0 Å². The molecule has 2 radical (unpaired) electrons. The van der Waals surface area contributed by atoms with Gasteiger partial charge in [0.25, 0.3) is 10.1 Å². The first-order valence-electron chi connectivity index (χ1n) is 26.5. The number of rotatable bonds is 42. The van der Waals surface area contributed by atoms with Gasteiger partial charge in [0.15, 0.2) is 0 Å². The third kappa shape index (κ3) is 28.4. The van der Waals surface area contributed by atoms with Gasteiger partial charge in [-0.05, 0) is 79.0 Å². The molecule has 0 fully saturated rings. The van der Waals surface area contributed by atoms with E-state index in [9.17, 15) is 13.0 Å². The maximum atomic E-state index is 13.6. The van der Waals surface area contributed by atoms with Crippen molar-refractivity contribution >= 4 is 80.0 Å². The molecule has 0 aliphatic rings. The van der Waals surface area contributed by atoms with Crippen molar-refractivity contribution in [2.24, 2.45) is 0 Å². The van der Waals surface area contributed by atoms with E-state index in [1.807, 2.05) is 6.07 Å². The SMILES string of the molecule is CCCCCCCCCCCCCCCc1c(CCCCCCCCCC)c(CCCCCCCCCC)c2c(CCCCCCCCCC)cccc2c1S(=O)(=O)O.[Na].[Na]. The third-order valence-electron chi connectivity index (χ3n) is 13.3. The predicted molar refractivity (Wildman–Crippen MR) is 274 cm³/mol. The van der Waals surface area contributed by atoms with Crippen LogP contribution in [-0.4, -0.2) is 72.1 Å². The quantitative estimate of drug-likeness (QED) is 0.0411. The predicted octanol–water partition coefficient (Wildman–Crippen LogP) is 18.0. The molecule has 0 aromatic heterocycles. The molecule has 6 heteroatoms. The number of hydrogen-bond acceptors (Lipinski definition) is 2. The van der Waals surface area contributed by atoms with Gasteiger partial charge in [0.1, 0.15) is 4.90 Å². The van der Waals surface area contributed by atoms with Gasteiger partial charge in [0, 0.05) is 64.5 Å². The van der Waals surface area contributed by atoms with Gasteiger partial charge in [-0.1, -0.05) is 258 Å². The summed E-state index contributed by atoms with van der Waals surface area (Å²) in [4.78, 5) is 0.249. The van der Waals surface area contributed by atoms with Gasteiger partial charge >= 0.3 is 0 Å². The third-order valence-corrected chi connectivity index (χ3v) is 14.3. The van der Waals surface area contributed by atoms with Crippen LogP contribution in [-0.2, 0) is 35.8 Å². The Hall–Kier alpha value is 0.610. The number of hydrogen-bond donors (Lipinski definition) is 1. The minimum Gasteiger partial charge on any atom is -0.282 e. The Kier molecular flexibility index (Phi) is 42.4. The maximum absolute atomic E-state index is 13.6. The molecule has 2 aromatic rings. The zero-order valence-corrected chi connectivity index (χ0v) is 46.7. The fourth-order valence-electron chi connectivity index (χ4n) is 9.76. The molecule has 0 heterocycles. The van der Waals surface area contributed by atoms with Crippen LogP contribution in [0.4, 0.5) is 0 Å². The second kappa shape index (κ2) is 42.0. The molecule has 344 valence electrons. The normalized spacial score (nSPS) is 11.6. The van der Waals surface area contributed by atoms with Crippen LogP contribution < -0.4 is 0 Å². The topological polar surface area (TPSA) is 54.4 Å². The van der Waals surface area contributed by atoms with Gasteiger partial charge in [0.05, 0.1) is 0 Å². The van der Waals surface area contributed by atoms with E-state index in [1.54, 1.807) is 0 Å². The summed E-state index contributed by atoms with van der Waals surface area (Å²) in [5.41, 5.74) is 4.99. The van der Waals surface area contributed by atoms with Gasteiger partial charge in [-0.2, -0.15) is 8.42 Å². The molecular formula is C55H98Na2O3S. The van der Waals surface area contributed by atoms with Crippen LogP contribution in [0.5, 0.6) is 0 Å². The summed E-state index contributed by atoms with van der Waals surface area (Å²) >= 11 is 0. The summed E-state index contributed by atoms with van der Waals surface area (Å²) in [6, 6.07) is 6.38. The fraction of sp³-hybridized carbons (Fsp3) is 0.818. The van der Waals surface area contributed by atoms with Crippen LogP contribution >= 0.6 is 0 Å². The average molecular weight is 885 g/mol. The monoisotopic (exact) mass is 885 g/mol. The average Bonchev–Trinajstić information content (AvgIpc) is 3.22. The Bertz CT molecular complexity index is 1410. The van der Waals surface area contributed by atoms with E-state index in [0.29, 0.717) is 0 Å². The zero-order valence-electron chi connectivity index (χ0n) is 41.9. The first kappa shape index (κ1) is 61.6. The molecule has 0 aliphatic carbocycles. The largest absolute Gasteiger partial charge is 0.295 e. The van der Waals surface area contributed by atoms with Crippen molar-refractivity contribution in [3.05, 3.63) is 40.5 Å². The summed E-state index contributed by atoms with van der Waals surface area (Å²) in [7, 11) is -4.41. The van der Waals surface area contributed by atoms with E-state index < -0.39 is 10.1 Å². The number of benzene rings is 2. The summed E-state index contributed by atoms with van der Waals surface area (Å²) in [5.74, 6) is 0. The van der Waals surface area contributed by atoms with Crippen molar-refractivity contribution in [2.45, 2.75) is 296 Å². The van der Waals surface area contributed by atoms with Crippen LogP contribution in [0.2, 0.25) is 0 Å². The van der Waals surface area contributed by atoms with Crippen LogP contribution in [0, 0.1) is 0 Å². The van der Waals surface area contributed by atoms with Gasteiger partial charge in [-0.3, -0.25) is 4.55 Å². The van der Waals surface area contributed by atoms with Crippen molar-refractivity contribution in [3.8, 4) is 0 Å². The first-order chi connectivity index (χ1) is 28.9. The molecule has 0 bridgehead atoms. The summed E-state index contributed by atoms with van der Waals surface area (Å²) in [5, 5.41) is 1.97.